The number of benzene rings is 2. The molecule has 6 nitrogen and oxygen atoms in total. The molecule has 1 atom stereocenters. The van der Waals surface area contributed by atoms with Gasteiger partial charge in [0.15, 0.2) is 9.84 Å². The Kier molecular flexibility index (Phi) is 7.89. The number of esters is 1. The summed E-state index contributed by atoms with van der Waals surface area (Å²) < 4.78 is 34.6. The van der Waals surface area contributed by atoms with E-state index in [4.69, 9.17) is 15.2 Å². The average Bonchev–Trinajstić information content (AvgIpc) is 2.60. The van der Waals surface area contributed by atoms with E-state index in [1.807, 2.05) is 18.2 Å². The summed E-state index contributed by atoms with van der Waals surface area (Å²) >= 11 is 0. The Morgan fingerprint density at radius 2 is 1.68 bits per heavy atom. The molecule has 0 aromatic heterocycles. The first-order valence-corrected chi connectivity index (χ1v) is 8.90. The molecule has 0 heterocycles. The second-order valence-corrected chi connectivity index (χ2v) is 7.19. The van der Waals surface area contributed by atoms with Gasteiger partial charge < -0.3 is 15.2 Å². The quantitative estimate of drug-likeness (QED) is 0.732. The third-order valence-electron chi connectivity index (χ3n) is 3.34. The van der Waals surface area contributed by atoms with Crippen LogP contribution in [0, 0.1) is 0 Å². The van der Waals surface area contributed by atoms with Gasteiger partial charge in [0.1, 0.15) is 18.4 Å². The van der Waals surface area contributed by atoms with Crippen LogP contribution >= 0.6 is 12.4 Å². The maximum absolute atomic E-state index is 12.3. The van der Waals surface area contributed by atoms with E-state index in [-0.39, 0.29) is 23.9 Å². The lowest BCUT2D eigenvalue weighted by Crippen LogP contribution is -2.38. The highest BCUT2D eigenvalue weighted by molar-refractivity contribution is 7.91. The Morgan fingerprint density at radius 3 is 2.24 bits per heavy atom. The normalized spacial score (nSPS) is 11.9. The first-order chi connectivity index (χ1) is 11.4. The molecule has 0 saturated heterocycles. The molecule has 2 N–H and O–H groups in total. The van der Waals surface area contributed by atoms with Crippen LogP contribution in [0.1, 0.15) is 5.56 Å². The third kappa shape index (κ3) is 6.04. The van der Waals surface area contributed by atoms with Crippen LogP contribution in [-0.4, -0.2) is 33.3 Å². The van der Waals surface area contributed by atoms with E-state index < -0.39 is 27.6 Å². The molecule has 1 unspecified atom stereocenters. The highest BCUT2D eigenvalue weighted by Crippen LogP contribution is 2.17. The zero-order valence-electron chi connectivity index (χ0n) is 13.6. The number of rotatable bonds is 7. The Hall–Kier alpha value is -2.09. The fraction of sp³-hybridized carbons (Fsp3) is 0.235. The molecule has 0 aliphatic carbocycles. The molecule has 136 valence electrons. The predicted molar refractivity (Wildman–Crippen MR) is 96.5 cm³/mol. The number of hydrogen-bond acceptors (Lipinski definition) is 6. The van der Waals surface area contributed by atoms with Crippen molar-refractivity contribution in [2.24, 2.45) is 5.73 Å². The van der Waals surface area contributed by atoms with Crippen LogP contribution in [0.5, 0.6) is 5.75 Å². The predicted octanol–water partition coefficient (Wildman–Crippen LogP) is 1.96. The van der Waals surface area contributed by atoms with Crippen molar-refractivity contribution < 1.29 is 22.7 Å². The first-order valence-electron chi connectivity index (χ1n) is 7.25. The van der Waals surface area contributed by atoms with Crippen LogP contribution in [0.15, 0.2) is 59.5 Å². The van der Waals surface area contributed by atoms with E-state index in [9.17, 15) is 13.2 Å². The van der Waals surface area contributed by atoms with Gasteiger partial charge in [-0.05, 0) is 29.8 Å². The zero-order chi connectivity index (χ0) is 17.6. The van der Waals surface area contributed by atoms with Gasteiger partial charge in [-0.1, -0.05) is 30.3 Å². The van der Waals surface area contributed by atoms with Crippen LogP contribution < -0.4 is 10.5 Å². The molecular formula is C17H20ClNO5S. The standard InChI is InChI=1S/C17H19NO5S.ClH/c1-22-14-7-9-15(10-8-14)24(20,21)12-16(18)17(19)23-11-13-5-3-2-4-6-13;/h2-10,16H,11-12,18H2,1H3;1H. The number of sulfone groups is 1. The molecule has 0 aliphatic rings. The van der Waals surface area contributed by atoms with Crippen molar-refractivity contribution in [3.05, 3.63) is 60.2 Å². The second kappa shape index (κ2) is 9.41. The van der Waals surface area contributed by atoms with Gasteiger partial charge in [-0.2, -0.15) is 0 Å². The summed E-state index contributed by atoms with van der Waals surface area (Å²) in [5.74, 6) is -0.732. The second-order valence-electron chi connectivity index (χ2n) is 5.16. The van der Waals surface area contributed by atoms with Crippen molar-refractivity contribution in [2.45, 2.75) is 17.5 Å². The highest BCUT2D eigenvalue weighted by atomic mass is 35.5. The minimum atomic E-state index is -3.69. The molecule has 2 rings (SSSR count). The summed E-state index contributed by atoms with van der Waals surface area (Å²) in [6.07, 6.45) is 0. The summed E-state index contributed by atoms with van der Waals surface area (Å²) in [5.41, 5.74) is 6.48. The van der Waals surface area contributed by atoms with E-state index in [0.29, 0.717) is 5.75 Å². The van der Waals surface area contributed by atoms with Gasteiger partial charge >= 0.3 is 5.97 Å². The summed E-state index contributed by atoms with van der Waals surface area (Å²) in [6.45, 7) is 0.0515. The van der Waals surface area contributed by atoms with E-state index in [1.54, 1.807) is 12.1 Å². The lowest BCUT2D eigenvalue weighted by atomic mass is 10.2. The van der Waals surface area contributed by atoms with Crippen molar-refractivity contribution in [3.63, 3.8) is 0 Å². The van der Waals surface area contributed by atoms with Crippen molar-refractivity contribution in [1.29, 1.82) is 0 Å². The lowest BCUT2D eigenvalue weighted by Gasteiger charge is -2.12. The number of carbonyl (C=O) groups excluding carboxylic acids is 1. The molecule has 0 fully saturated rings. The molecule has 25 heavy (non-hydrogen) atoms. The van der Waals surface area contributed by atoms with Crippen molar-refractivity contribution >= 4 is 28.2 Å². The van der Waals surface area contributed by atoms with Gasteiger partial charge in [-0.25, -0.2) is 8.42 Å². The van der Waals surface area contributed by atoms with Gasteiger partial charge in [0.25, 0.3) is 0 Å². The summed E-state index contributed by atoms with van der Waals surface area (Å²) in [7, 11) is -2.21. The van der Waals surface area contributed by atoms with Crippen molar-refractivity contribution in [1.82, 2.24) is 0 Å². The Bertz CT molecular complexity index is 778. The molecule has 0 radical (unpaired) electrons. The molecule has 0 amide bonds. The van der Waals surface area contributed by atoms with Gasteiger partial charge in [-0.15, -0.1) is 12.4 Å². The molecule has 0 bridgehead atoms. The van der Waals surface area contributed by atoms with Crippen LogP contribution in [-0.2, 0) is 26.0 Å². The monoisotopic (exact) mass is 385 g/mol. The molecule has 0 spiro atoms. The fourth-order valence-electron chi connectivity index (χ4n) is 2.02. The molecular weight excluding hydrogens is 366 g/mol. The van der Waals surface area contributed by atoms with Crippen LogP contribution in [0.25, 0.3) is 0 Å². The molecule has 8 heteroatoms. The number of ether oxygens (including phenoxy) is 2. The summed E-state index contributed by atoms with van der Waals surface area (Å²) in [5, 5.41) is 0. The maximum atomic E-state index is 12.3. The van der Waals surface area contributed by atoms with Gasteiger partial charge in [0.05, 0.1) is 17.8 Å². The van der Waals surface area contributed by atoms with Crippen molar-refractivity contribution in [3.8, 4) is 5.75 Å². The van der Waals surface area contributed by atoms with E-state index in [0.717, 1.165) is 5.56 Å². The number of nitrogens with two attached hydrogens (primary N) is 1. The van der Waals surface area contributed by atoms with Crippen LogP contribution in [0.2, 0.25) is 0 Å². The molecule has 2 aromatic rings. The summed E-state index contributed by atoms with van der Waals surface area (Å²) in [6, 6.07) is 13.7. The smallest absolute Gasteiger partial charge is 0.324 e. The number of hydrogen-bond donors (Lipinski definition) is 1. The highest BCUT2D eigenvalue weighted by Gasteiger charge is 2.25. The number of halogens is 1. The van der Waals surface area contributed by atoms with E-state index >= 15 is 0 Å². The summed E-state index contributed by atoms with van der Waals surface area (Å²) in [4.78, 5) is 12.0. The molecule has 0 saturated carbocycles. The minimum absolute atomic E-state index is 0. The van der Waals surface area contributed by atoms with Gasteiger partial charge in [-0.3, -0.25) is 4.79 Å². The Labute approximate surface area is 153 Å². The maximum Gasteiger partial charge on any atom is 0.324 e. The van der Waals surface area contributed by atoms with Crippen LogP contribution in [0.4, 0.5) is 0 Å². The largest absolute Gasteiger partial charge is 0.497 e. The van der Waals surface area contributed by atoms with Crippen molar-refractivity contribution in [2.75, 3.05) is 12.9 Å². The lowest BCUT2D eigenvalue weighted by molar-refractivity contribution is -0.145. The SMILES string of the molecule is COc1ccc(S(=O)(=O)CC(N)C(=O)OCc2ccccc2)cc1.Cl. The molecule has 2 aromatic carbocycles. The van der Waals surface area contributed by atoms with E-state index in [2.05, 4.69) is 0 Å². The minimum Gasteiger partial charge on any atom is -0.497 e. The third-order valence-corrected chi connectivity index (χ3v) is 5.13. The number of methoxy groups -OCH3 is 1. The molecule has 0 aliphatic heterocycles. The van der Waals surface area contributed by atoms with Crippen LogP contribution in [0.3, 0.4) is 0 Å². The van der Waals surface area contributed by atoms with Gasteiger partial charge in [0, 0.05) is 0 Å². The van der Waals surface area contributed by atoms with Gasteiger partial charge in [0.2, 0.25) is 0 Å². The zero-order valence-corrected chi connectivity index (χ0v) is 15.3. The van der Waals surface area contributed by atoms with E-state index in [1.165, 1.54) is 31.4 Å². The topological polar surface area (TPSA) is 95.7 Å². The number of carbonyl (C=O) groups is 1. The Balaban J connectivity index is 0.00000312. The first kappa shape index (κ1) is 21.0. The fourth-order valence-corrected chi connectivity index (χ4v) is 3.37. The average molecular weight is 386 g/mol. The Morgan fingerprint density at radius 1 is 1.08 bits per heavy atom.